The summed E-state index contributed by atoms with van der Waals surface area (Å²) < 4.78 is 46.9. The van der Waals surface area contributed by atoms with Crippen LogP contribution in [0.2, 0.25) is 5.02 Å². The highest BCUT2D eigenvalue weighted by Crippen LogP contribution is 2.37. The van der Waals surface area contributed by atoms with Crippen molar-refractivity contribution >= 4 is 28.6 Å². The predicted molar refractivity (Wildman–Crippen MR) is 135 cm³/mol. The highest BCUT2D eigenvalue weighted by molar-refractivity contribution is 7.09. The van der Waals surface area contributed by atoms with Crippen LogP contribution >= 0.6 is 22.9 Å². The Labute approximate surface area is 215 Å². The molecule has 0 bridgehead atoms. The van der Waals surface area contributed by atoms with Gasteiger partial charge in [0.15, 0.2) is 0 Å². The van der Waals surface area contributed by atoms with E-state index in [0.717, 1.165) is 17.1 Å². The van der Waals surface area contributed by atoms with Gasteiger partial charge in [-0.05, 0) is 38.5 Å². The van der Waals surface area contributed by atoms with Gasteiger partial charge in [0.25, 0.3) is 5.56 Å². The number of nitrogens with zero attached hydrogens (tertiary/aromatic N) is 3. The van der Waals surface area contributed by atoms with Gasteiger partial charge in [-0.2, -0.15) is 13.2 Å². The summed E-state index contributed by atoms with van der Waals surface area (Å²) >= 11 is 7.74. The fourth-order valence-corrected chi connectivity index (χ4v) is 5.60. The van der Waals surface area contributed by atoms with Gasteiger partial charge in [-0.3, -0.25) is 9.36 Å². The quantitative estimate of drug-likeness (QED) is 0.420. The Hall–Kier alpha value is -2.47. The Kier molecular flexibility index (Phi) is 7.75. The summed E-state index contributed by atoms with van der Waals surface area (Å²) in [6, 6.07) is 3.06. The molecule has 12 heteroatoms. The van der Waals surface area contributed by atoms with E-state index in [1.165, 1.54) is 22.0 Å². The topological polar surface area (TPSA) is 81.1 Å². The van der Waals surface area contributed by atoms with Crippen LogP contribution in [0.3, 0.4) is 0 Å². The lowest BCUT2D eigenvalue weighted by Gasteiger charge is -2.35. The van der Waals surface area contributed by atoms with Crippen molar-refractivity contribution in [2.24, 2.45) is 0 Å². The molecule has 2 aromatic heterocycles. The summed E-state index contributed by atoms with van der Waals surface area (Å²) in [5.41, 5.74) is -0.934. The smallest absolute Gasteiger partial charge is 0.374 e. The molecular weight excluding hydrogens is 515 g/mol. The van der Waals surface area contributed by atoms with E-state index in [1.807, 2.05) is 19.2 Å². The third-order valence-corrected chi connectivity index (χ3v) is 7.51. The number of rotatable bonds is 8. The first-order valence-corrected chi connectivity index (χ1v) is 12.9. The number of ether oxygens (including phenoxy) is 1. The molecule has 194 valence electrons. The SMILES string of the molecule is CCO[C@H]1CNC[C@]1(Nc1c(CC)nc(-c2ccc(C(F)(F)F)cc2Cl)n(CC)c1=O)c1nccs1. The minimum Gasteiger partial charge on any atom is -0.374 e. The summed E-state index contributed by atoms with van der Waals surface area (Å²) in [4.78, 5) is 23.1. The lowest BCUT2D eigenvalue weighted by Crippen LogP contribution is -2.49. The molecule has 1 fully saturated rings. The maximum Gasteiger partial charge on any atom is 0.416 e. The highest BCUT2D eigenvalue weighted by Gasteiger charge is 2.48. The Morgan fingerprint density at radius 1 is 1.33 bits per heavy atom. The van der Waals surface area contributed by atoms with E-state index in [2.05, 4.69) is 15.6 Å². The van der Waals surface area contributed by atoms with Crippen molar-refractivity contribution in [2.45, 2.75) is 51.6 Å². The van der Waals surface area contributed by atoms with E-state index in [4.69, 9.17) is 21.3 Å². The fraction of sp³-hybridized carbons (Fsp3) is 0.458. The molecule has 2 N–H and O–H groups in total. The minimum absolute atomic E-state index is 0.127. The first kappa shape index (κ1) is 26.6. The number of halogens is 4. The normalized spacial score (nSPS) is 20.1. The van der Waals surface area contributed by atoms with Crippen LogP contribution in [0, 0.1) is 0 Å². The van der Waals surface area contributed by atoms with Crippen molar-refractivity contribution in [3.8, 4) is 11.4 Å². The van der Waals surface area contributed by atoms with Crippen molar-refractivity contribution in [2.75, 3.05) is 25.0 Å². The van der Waals surface area contributed by atoms with Crippen molar-refractivity contribution < 1.29 is 17.9 Å². The molecule has 7 nitrogen and oxygen atoms in total. The van der Waals surface area contributed by atoms with Crippen LogP contribution in [0.15, 0.2) is 34.6 Å². The minimum atomic E-state index is -4.53. The molecule has 0 saturated carbocycles. The average molecular weight is 542 g/mol. The van der Waals surface area contributed by atoms with E-state index < -0.39 is 17.3 Å². The number of nitrogens with one attached hydrogen (secondary N) is 2. The molecule has 1 aliphatic rings. The van der Waals surface area contributed by atoms with Crippen LogP contribution < -0.4 is 16.2 Å². The molecule has 3 aromatic rings. The summed E-state index contributed by atoms with van der Waals surface area (Å²) in [5, 5.41) is 9.33. The van der Waals surface area contributed by atoms with Gasteiger partial charge in [-0.15, -0.1) is 11.3 Å². The second-order valence-corrected chi connectivity index (χ2v) is 9.66. The molecule has 3 heterocycles. The number of benzene rings is 1. The molecule has 1 saturated heterocycles. The number of anilines is 1. The number of thiazole rings is 1. The molecule has 0 spiro atoms. The largest absolute Gasteiger partial charge is 0.416 e. The Bertz CT molecular complexity index is 1280. The van der Waals surface area contributed by atoms with Gasteiger partial charge in [0.1, 0.15) is 28.2 Å². The number of hydrogen-bond acceptors (Lipinski definition) is 7. The van der Waals surface area contributed by atoms with Crippen LogP contribution in [0.4, 0.5) is 18.9 Å². The van der Waals surface area contributed by atoms with Crippen LogP contribution in [0.1, 0.15) is 37.0 Å². The zero-order valence-electron chi connectivity index (χ0n) is 20.1. The van der Waals surface area contributed by atoms with Crippen LogP contribution in [0.25, 0.3) is 11.4 Å². The summed E-state index contributed by atoms with van der Waals surface area (Å²) in [7, 11) is 0. The number of aryl methyl sites for hydroxylation is 1. The Balaban J connectivity index is 1.86. The maximum atomic E-state index is 13.8. The molecule has 1 aromatic carbocycles. The maximum absolute atomic E-state index is 13.8. The highest BCUT2D eigenvalue weighted by atomic mass is 35.5. The standard InChI is InChI=1S/C24H27ClF3N5O2S/c1-4-17-19(32-23(22-30-9-10-36-22)13-29-12-18(23)35-6-3)21(34)33(5-2)20(31-17)15-8-7-14(11-16(15)25)24(26,27)28/h7-11,18,29,32H,4-6,12-13H2,1-3H3/t18-,23+/m0/s1. The van der Waals surface area contributed by atoms with Crippen molar-refractivity contribution in [1.82, 2.24) is 19.9 Å². The molecule has 1 aliphatic heterocycles. The van der Waals surface area contributed by atoms with E-state index in [-0.39, 0.29) is 34.6 Å². The zero-order valence-corrected chi connectivity index (χ0v) is 21.7. The van der Waals surface area contributed by atoms with Crippen LogP contribution in [0.5, 0.6) is 0 Å². The molecule has 4 rings (SSSR count). The zero-order chi connectivity index (χ0) is 26.1. The van der Waals surface area contributed by atoms with Gasteiger partial charge >= 0.3 is 6.18 Å². The third kappa shape index (κ3) is 4.77. The van der Waals surface area contributed by atoms with Gasteiger partial charge in [0.05, 0.1) is 16.3 Å². The summed E-state index contributed by atoms with van der Waals surface area (Å²) in [6.07, 6.45) is -2.69. The molecule has 0 aliphatic carbocycles. The predicted octanol–water partition coefficient (Wildman–Crippen LogP) is 4.94. The van der Waals surface area contributed by atoms with Gasteiger partial charge in [0, 0.05) is 43.4 Å². The number of hydrogen-bond donors (Lipinski definition) is 2. The van der Waals surface area contributed by atoms with Gasteiger partial charge in [-0.25, -0.2) is 9.97 Å². The monoisotopic (exact) mass is 541 g/mol. The Morgan fingerprint density at radius 2 is 2.11 bits per heavy atom. The number of aromatic nitrogens is 3. The van der Waals surface area contributed by atoms with E-state index in [1.54, 1.807) is 13.1 Å². The summed E-state index contributed by atoms with van der Waals surface area (Å²) in [5.74, 6) is 0.220. The van der Waals surface area contributed by atoms with Gasteiger partial charge in [0.2, 0.25) is 0 Å². The van der Waals surface area contributed by atoms with E-state index in [0.29, 0.717) is 37.5 Å². The molecule has 0 radical (unpaired) electrons. The van der Waals surface area contributed by atoms with Crippen LogP contribution in [-0.2, 0) is 29.4 Å². The first-order valence-electron chi connectivity index (χ1n) is 11.7. The average Bonchev–Trinajstić information content (AvgIpc) is 3.51. The van der Waals surface area contributed by atoms with E-state index >= 15 is 0 Å². The molecule has 0 amide bonds. The molecule has 36 heavy (non-hydrogen) atoms. The number of alkyl halides is 3. The van der Waals surface area contributed by atoms with Crippen molar-refractivity contribution in [1.29, 1.82) is 0 Å². The second kappa shape index (κ2) is 10.5. The third-order valence-electron chi connectivity index (χ3n) is 6.25. The molecule has 2 atom stereocenters. The molecule has 0 unspecified atom stereocenters. The van der Waals surface area contributed by atoms with Gasteiger partial charge < -0.3 is 15.4 Å². The summed E-state index contributed by atoms with van der Waals surface area (Å²) in [6.45, 7) is 7.36. The van der Waals surface area contributed by atoms with Crippen molar-refractivity contribution in [3.63, 3.8) is 0 Å². The van der Waals surface area contributed by atoms with Crippen LogP contribution in [-0.4, -0.2) is 40.3 Å². The van der Waals surface area contributed by atoms with Gasteiger partial charge in [-0.1, -0.05) is 18.5 Å². The second-order valence-electron chi connectivity index (χ2n) is 8.36. The Morgan fingerprint density at radius 3 is 2.69 bits per heavy atom. The fourth-order valence-electron chi connectivity index (χ4n) is 4.50. The first-order chi connectivity index (χ1) is 17.2. The molecular formula is C24H27ClF3N5O2S. The lowest BCUT2D eigenvalue weighted by molar-refractivity contribution is -0.137. The lowest BCUT2D eigenvalue weighted by atomic mass is 9.95. The van der Waals surface area contributed by atoms with Crippen molar-refractivity contribution in [3.05, 3.63) is 61.4 Å². The van der Waals surface area contributed by atoms with E-state index in [9.17, 15) is 18.0 Å².